The molecule has 2 N–H and O–H groups in total. The molecule has 0 saturated carbocycles. The van der Waals surface area contributed by atoms with Gasteiger partial charge in [0.05, 0.1) is 28.7 Å². The fourth-order valence-corrected chi connectivity index (χ4v) is 6.17. The van der Waals surface area contributed by atoms with Crippen LogP contribution in [-0.4, -0.2) is 45.9 Å². The Morgan fingerprint density at radius 3 is 2.53 bits per heavy atom. The Morgan fingerprint density at radius 1 is 1.03 bits per heavy atom. The van der Waals surface area contributed by atoms with Gasteiger partial charge in [0.2, 0.25) is 5.91 Å². The zero-order valence-electron chi connectivity index (χ0n) is 19.5. The maximum absolute atomic E-state index is 13.2. The van der Waals surface area contributed by atoms with Gasteiger partial charge in [0.25, 0.3) is 15.9 Å². The number of benzene rings is 2. The number of carbonyl (C=O) groups is 3. The minimum absolute atomic E-state index is 0.0867. The number of thiophene rings is 1. The second kappa shape index (κ2) is 10.9. The van der Waals surface area contributed by atoms with Crippen molar-refractivity contribution in [2.75, 3.05) is 29.3 Å². The smallest absolute Gasteiger partial charge is 0.348 e. The van der Waals surface area contributed by atoms with E-state index in [1.807, 2.05) is 18.2 Å². The summed E-state index contributed by atoms with van der Waals surface area (Å²) in [4.78, 5) is 36.8. The van der Waals surface area contributed by atoms with E-state index in [0.717, 1.165) is 29.7 Å². The number of anilines is 2. The lowest BCUT2D eigenvalue weighted by atomic mass is 10.0. The van der Waals surface area contributed by atoms with Crippen LogP contribution in [0.5, 0.6) is 0 Å². The first-order valence-electron chi connectivity index (χ1n) is 11.4. The van der Waals surface area contributed by atoms with Crippen LogP contribution in [0.4, 0.5) is 10.7 Å². The van der Waals surface area contributed by atoms with E-state index >= 15 is 0 Å². The highest BCUT2D eigenvalue weighted by Crippen LogP contribution is 2.31. The number of hydrogen-bond acceptors (Lipinski definition) is 7. The van der Waals surface area contributed by atoms with Gasteiger partial charge in [-0.15, -0.1) is 11.3 Å². The second-order valence-electron chi connectivity index (χ2n) is 7.95. The molecular formula is C25H25N3O6S2. The molecule has 2 heterocycles. The summed E-state index contributed by atoms with van der Waals surface area (Å²) in [6.45, 7) is 2.05. The van der Waals surface area contributed by atoms with Crippen LogP contribution in [0.25, 0.3) is 0 Å². The summed E-state index contributed by atoms with van der Waals surface area (Å²) in [5.41, 5.74) is 1.89. The molecule has 1 aliphatic rings. The Bertz CT molecular complexity index is 1380. The first-order chi connectivity index (χ1) is 17.3. The number of para-hydroxylation sites is 1. The molecule has 0 fully saturated rings. The average molecular weight is 528 g/mol. The van der Waals surface area contributed by atoms with Gasteiger partial charge in [-0.3, -0.25) is 13.9 Å². The third kappa shape index (κ3) is 5.58. The van der Waals surface area contributed by atoms with E-state index < -0.39 is 27.8 Å². The largest absolute Gasteiger partial charge is 0.462 e. The molecule has 0 saturated heterocycles. The highest BCUT2D eigenvalue weighted by molar-refractivity contribution is 7.92. The van der Waals surface area contributed by atoms with Crippen molar-refractivity contribution in [2.45, 2.75) is 24.7 Å². The number of fused-ring (bicyclic) bond motifs is 1. The Morgan fingerprint density at radius 2 is 1.78 bits per heavy atom. The SMILES string of the molecule is CCOC(=O)c1ccc(NC(=O)CNC(=O)c2ccc(S(=O)(=O)N3CCCc4ccccc43)cc2)s1. The number of nitrogens with one attached hydrogen (secondary N) is 2. The van der Waals surface area contributed by atoms with Crippen molar-refractivity contribution in [2.24, 2.45) is 0 Å². The number of ether oxygens (including phenoxy) is 1. The van der Waals surface area contributed by atoms with Crippen LogP contribution in [0, 0.1) is 0 Å². The third-order valence-corrected chi connectivity index (χ3v) is 8.34. The van der Waals surface area contributed by atoms with Crippen LogP contribution >= 0.6 is 11.3 Å². The Balaban J connectivity index is 1.35. The van der Waals surface area contributed by atoms with Crippen LogP contribution in [0.3, 0.4) is 0 Å². The Hall–Kier alpha value is -3.70. The first kappa shape index (κ1) is 25.4. The molecule has 9 nitrogen and oxygen atoms in total. The molecule has 0 aliphatic carbocycles. The molecule has 1 aromatic heterocycles. The fourth-order valence-electron chi connectivity index (χ4n) is 3.82. The molecule has 11 heteroatoms. The van der Waals surface area contributed by atoms with E-state index in [1.165, 1.54) is 28.6 Å². The van der Waals surface area contributed by atoms with Crippen LogP contribution in [0.2, 0.25) is 0 Å². The number of esters is 1. The van der Waals surface area contributed by atoms with E-state index in [2.05, 4.69) is 10.6 Å². The van der Waals surface area contributed by atoms with E-state index in [9.17, 15) is 22.8 Å². The van der Waals surface area contributed by atoms with Gasteiger partial charge in [-0.1, -0.05) is 18.2 Å². The van der Waals surface area contributed by atoms with Gasteiger partial charge in [0.15, 0.2) is 0 Å². The number of amides is 2. The molecule has 3 aromatic rings. The predicted molar refractivity (Wildman–Crippen MR) is 137 cm³/mol. The lowest BCUT2D eigenvalue weighted by Crippen LogP contribution is -2.35. The van der Waals surface area contributed by atoms with E-state index in [4.69, 9.17) is 4.74 Å². The number of hydrogen-bond donors (Lipinski definition) is 2. The van der Waals surface area contributed by atoms with Crippen LogP contribution in [-0.2, 0) is 26.0 Å². The molecule has 0 unspecified atom stereocenters. The normalized spacial score (nSPS) is 13.0. The van der Waals surface area contributed by atoms with Crippen molar-refractivity contribution in [3.05, 3.63) is 76.7 Å². The summed E-state index contributed by atoms with van der Waals surface area (Å²) in [6, 6.07) is 16.2. The maximum atomic E-state index is 13.2. The Labute approximate surface area is 213 Å². The topological polar surface area (TPSA) is 122 Å². The number of sulfonamides is 1. The molecule has 0 radical (unpaired) electrons. The zero-order valence-corrected chi connectivity index (χ0v) is 21.2. The number of nitrogens with zero attached hydrogens (tertiary/aromatic N) is 1. The highest BCUT2D eigenvalue weighted by Gasteiger charge is 2.29. The third-order valence-electron chi connectivity index (χ3n) is 5.53. The summed E-state index contributed by atoms with van der Waals surface area (Å²) >= 11 is 1.07. The molecular weight excluding hydrogens is 502 g/mol. The zero-order chi connectivity index (χ0) is 25.7. The quantitative estimate of drug-likeness (QED) is 0.433. The summed E-state index contributed by atoms with van der Waals surface area (Å²) < 4.78 is 32.8. The monoisotopic (exact) mass is 527 g/mol. The van der Waals surface area contributed by atoms with E-state index in [1.54, 1.807) is 25.1 Å². The minimum atomic E-state index is -3.78. The van der Waals surface area contributed by atoms with Crippen molar-refractivity contribution in [3.63, 3.8) is 0 Å². The van der Waals surface area contributed by atoms with Gasteiger partial charge in [-0.05, 0) is 67.8 Å². The summed E-state index contributed by atoms with van der Waals surface area (Å²) in [5.74, 6) is -1.45. The van der Waals surface area contributed by atoms with Gasteiger partial charge in [0, 0.05) is 12.1 Å². The lowest BCUT2D eigenvalue weighted by Gasteiger charge is -2.30. The average Bonchev–Trinajstić information content (AvgIpc) is 3.35. The van der Waals surface area contributed by atoms with Gasteiger partial charge in [0.1, 0.15) is 4.88 Å². The Kier molecular flexibility index (Phi) is 7.70. The first-order valence-corrected chi connectivity index (χ1v) is 13.6. The van der Waals surface area contributed by atoms with E-state index in [-0.39, 0.29) is 23.6 Å². The van der Waals surface area contributed by atoms with Crippen molar-refractivity contribution in [3.8, 4) is 0 Å². The molecule has 2 aromatic carbocycles. The molecule has 188 valence electrons. The van der Waals surface area contributed by atoms with Gasteiger partial charge >= 0.3 is 5.97 Å². The fraction of sp³-hybridized carbons (Fsp3) is 0.240. The molecule has 2 amide bonds. The molecule has 0 bridgehead atoms. The number of rotatable bonds is 8. The van der Waals surface area contributed by atoms with Crippen LogP contribution in [0.1, 0.15) is 38.9 Å². The molecule has 0 spiro atoms. The second-order valence-corrected chi connectivity index (χ2v) is 10.9. The van der Waals surface area contributed by atoms with Crippen molar-refractivity contribution in [1.29, 1.82) is 0 Å². The molecule has 36 heavy (non-hydrogen) atoms. The minimum Gasteiger partial charge on any atom is -0.462 e. The summed E-state index contributed by atoms with van der Waals surface area (Å²) in [6.07, 6.45) is 1.56. The van der Waals surface area contributed by atoms with Gasteiger partial charge < -0.3 is 15.4 Å². The molecule has 1 aliphatic heterocycles. The number of carbonyl (C=O) groups excluding carboxylic acids is 3. The van der Waals surface area contributed by atoms with Gasteiger partial charge in [-0.2, -0.15) is 0 Å². The summed E-state index contributed by atoms with van der Waals surface area (Å²) in [5, 5.41) is 5.57. The number of aryl methyl sites for hydroxylation is 1. The summed E-state index contributed by atoms with van der Waals surface area (Å²) in [7, 11) is -3.78. The van der Waals surface area contributed by atoms with Crippen LogP contribution < -0.4 is 14.9 Å². The van der Waals surface area contributed by atoms with E-state index in [0.29, 0.717) is 22.1 Å². The van der Waals surface area contributed by atoms with Crippen molar-refractivity contribution < 1.29 is 27.5 Å². The van der Waals surface area contributed by atoms with Gasteiger partial charge in [-0.25, -0.2) is 13.2 Å². The molecule has 4 rings (SSSR count). The molecule has 0 atom stereocenters. The maximum Gasteiger partial charge on any atom is 0.348 e. The predicted octanol–water partition coefficient (Wildman–Crippen LogP) is 3.43. The van der Waals surface area contributed by atoms with Crippen molar-refractivity contribution >= 4 is 49.8 Å². The highest BCUT2D eigenvalue weighted by atomic mass is 32.2. The van der Waals surface area contributed by atoms with Crippen molar-refractivity contribution in [1.82, 2.24) is 5.32 Å². The standard InChI is InChI=1S/C25H25N3O6S2/c1-2-34-25(31)21-13-14-23(35-21)27-22(29)16-26-24(30)18-9-11-19(12-10-18)36(32,33)28-15-5-7-17-6-3-4-8-20(17)28/h3-4,6,8-14H,2,5,7,15-16H2,1H3,(H,26,30)(H,27,29). The van der Waals surface area contributed by atoms with Crippen LogP contribution in [0.15, 0.2) is 65.6 Å². The lowest BCUT2D eigenvalue weighted by molar-refractivity contribution is -0.115.